The van der Waals surface area contributed by atoms with Crippen molar-refractivity contribution in [3.63, 3.8) is 0 Å². The minimum Gasteiger partial charge on any atom is -0.328 e. The lowest BCUT2D eigenvalue weighted by molar-refractivity contribution is -0.118. The van der Waals surface area contributed by atoms with Crippen molar-refractivity contribution >= 4 is 82.5 Å². The maximum Gasteiger partial charge on any atom is 0.248 e. The molecule has 8 rings (SSSR count). The van der Waals surface area contributed by atoms with E-state index in [0.29, 0.717) is 42.7 Å². The van der Waals surface area contributed by atoms with Crippen LogP contribution in [0.15, 0.2) is 61.2 Å². The van der Waals surface area contributed by atoms with Crippen LogP contribution in [0.1, 0.15) is 113 Å². The third-order valence-electron chi connectivity index (χ3n) is 12.0. The summed E-state index contributed by atoms with van der Waals surface area (Å²) in [6, 6.07) is 18.0. The first-order valence-electron chi connectivity index (χ1n) is 22.5. The molecular weight excluding hydrogens is 845 g/mol. The fraction of sp³-hybridized carbons (Fsp3) is 0.480. The third-order valence-corrected chi connectivity index (χ3v) is 16.5. The van der Waals surface area contributed by atoms with Crippen LogP contribution < -0.4 is 11.1 Å². The molecule has 2 atom stereocenters. The predicted octanol–water partition coefficient (Wildman–Crippen LogP) is 12.8. The van der Waals surface area contributed by atoms with Gasteiger partial charge in [0.1, 0.15) is 20.8 Å². The van der Waals surface area contributed by atoms with Crippen LogP contribution in [-0.2, 0) is 41.9 Å². The fourth-order valence-corrected chi connectivity index (χ4v) is 12.6. The number of aromatic nitrogens is 2. The van der Waals surface area contributed by atoms with Crippen molar-refractivity contribution in [3.05, 3.63) is 86.9 Å². The quantitative estimate of drug-likeness (QED) is 0.105. The van der Waals surface area contributed by atoms with E-state index in [0.717, 1.165) is 89.9 Å². The zero-order valence-corrected chi connectivity index (χ0v) is 41.3. The van der Waals surface area contributed by atoms with E-state index in [1.807, 2.05) is 36.5 Å². The van der Waals surface area contributed by atoms with Crippen molar-refractivity contribution in [2.75, 3.05) is 18.4 Å². The summed E-state index contributed by atoms with van der Waals surface area (Å²) in [6.45, 7) is 25.2. The van der Waals surface area contributed by atoms with Gasteiger partial charge in [-0.1, -0.05) is 64.5 Å². The monoisotopic (exact) mass is 910 g/mol. The molecule has 0 radical (unpaired) electrons. The standard InChI is InChI=1S/C26H34N2OS2.C20H21N3OS2.C4H11N/c1-5-18(4)9-8-10-19(29)15-23-25(26-27-21-11-6-7-12-22(21)31-26)20-13-14-28(17(2)3)16-24(20)30-23;1-4-17(24)22-20-18(19-21-14-7-5-6-8-15(14)25-19)13-9-10-23(12(2)3)11-16(13)26-20;1-3-4(2)5/h6-7,11-12,17-18H,5,8-10,13-16H2,1-4H3;4-8,12H,1,9-11H2,2-3H3,(H,22,24);4H,3,5H2,1-2H3/t18-;;4-/m0.0/s1. The lowest BCUT2D eigenvalue weighted by atomic mass is 9.97. The number of nitrogens with one attached hydrogen (secondary N) is 1. The van der Waals surface area contributed by atoms with Gasteiger partial charge in [-0.15, -0.1) is 45.3 Å². The number of anilines is 1. The molecule has 6 heterocycles. The largest absolute Gasteiger partial charge is 0.328 e. The van der Waals surface area contributed by atoms with Crippen molar-refractivity contribution in [1.29, 1.82) is 0 Å². The Balaban J connectivity index is 0.000000189. The Hall–Kier alpha value is -3.62. The van der Waals surface area contributed by atoms with Gasteiger partial charge in [-0.05, 0) is 108 Å². The van der Waals surface area contributed by atoms with E-state index in [4.69, 9.17) is 15.7 Å². The van der Waals surface area contributed by atoms with Gasteiger partial charge >= 0.3 is 0 Å². The second-order valence-corrected chi connectivity index (χ2v) is 21.7. The topological polar surface area (TPSA) is 104 Å². The number of thiophene rings is 2. The van der Waals surface area contributed by atoms with Gasteiger partial charge in [0.05, 0.1) is 20.4 Å². The number of thiazole rings is 2. The predicted molar refractivity (Wildman–Crippen MR) is 269 cm³/mol. The van der Waals surface area contributed by atoms with E-state index in [1.54, 1.807) is 34.0 Å². The molecule has 0 aliphatic carbocycles. The number of benzene rings is 2. The number of hydrogen-bond acceptors (Lipinski definition) is 11. The smallest absolute Gasteiger partial charge is 0.248 e. The zero-order chi connectivity index (χ0) is 44.5. The molecule has 1 amide bonds. The molecule has 4 aromatic heterocycles. The number of para-hydroxylation sites is 2. The van der Waals surface area contributed by atoms with Gasteiger partial charge in [0.2, 0.25) is 5.91 Å². The van der Waals surface area contributed by atoms with E-state index < -0.39 is 0 Å². The van der Waals surface area contributed by atoms with E-state index >= 15 is 0 Å². The Morgan fingerprint density at radius 2 is 1.29 bits per heavy atom. The lowest BCUT2D eigenvalue weighted by Crippen LogP contribution is -2.35. The third kappa shape index (κ3) is 11.9. The second kappa shape index (κ2) is 22.3. The maximum atomic E-state index is 12.9. The van der Waals surface area contributed by atoms with Crippen LogP contribution in [0.2, 0.25) is 0 Å². The molecule has 332 valence electrons. The highest BCUT2D eigenvalue weighted by Gasteiger charge is 2.30. The Morgan fingerprint density at radius 3 is 1.79 bits per heavy atom. The Kier molecular flexibility index (Phi) is 17.2. The molecule has 2 aliphatic rings. The number of carbonyl (C=O) groups is 2. The molecular formula is C50H66N6O2S4. The number of Topliss-reactive ketones (excluding diaryl/α,β-unsaturated/α-hetero) is 1. The van der Waals surface area contributed by atoms with Crippen molar-refractivity contribution in [2.45, 2.75) is 138 Å². The average Bonchev–Trinajstić information content (AvgIpc) is 4.05. The van der Waals surface area contributed by atoms with Gasteiger partial charge in [-0.2, -0.15) is 0 Å². The number of amides is 1. The summed E-state index contributed by atoms with van der Waals surface area (Å²) in [5.74, 6) is 0.916. The van der Waals surface area contributed by atoms with E-state index in [9.17, 15) is 9.59 Å². The Bertz CT molecular complexity index is 2370. The molecule has 0 bridgehead atoms. The van der Waals surface area contributed by atoms with E-state index in [1.165, 1.54) is 53.2 Å². The summed E-state index contributed by atoms with van der Waals surface area (Å²) in [7, 11) is 0. The van der Waals surface area contributed by atoms with Crippen LogP contribution in [0, 0.1) is 5.92 Å². The Morgan fingerprint density at radius 1 is 0.774 bits per heavy atom. The summed E-state index contributed by atoms with van der Waals surface area (Å²) in [5, 5.41) is 5.99. The van der Waals surface area contributed by atoms with Crippen LogP contribution in [0.25, 0.3) is 41.6 Å². The summed E-state index contributed by atoms with van der Waals surface area (Å²) in [4.78, 5) is 43.7. The highest BCUT2D eigenvalue weighted by atomic mass is 32.1. The number of nitrogens with two attached hydrogens (primary N) is 1. The van der Waals surface area contributed by atoms with Gasteiger partial charge in [-0.25, -0.2) is 9.97 Å². The normalized spacial score (nSPS) is 15.1. The van der Waals surface area contributed by atoms with Crippen LogP contribution in [0.5, 0.6) is 0 Å². The van der Waals surface area contributed by atoms with Gasteiger partial charge < -0.3 is 11.1 Å². The van der Waals surface area contributed by atoms with Gasteiger partial charge in [0, 0.05) is 82.9 Å². The first kappa shape index (κ1) is 47.8. The molecule has 0 spiro atoms. The summed E-state index contributed by atoms with van der Waals surface area (Å²) in [5.41, 5.74) is 12.5. The van der Waals surface area contributed by atoms with Crippen molar-refractivity contribution < 1.29 is 9.59 Å². The number of carbonyl (C=O) groups excluding carboxylic acids is 2. The first-order chi connectivity index (χ1) is 29.8. The number of rotatable bonds is 14. The average molecular weight is 911 g/mol. The number of hydrogen-bond donors (Lipinski definition) is 2. The highest BCUT2D eigenvalue weighted by molar-refractivity contribution is 7.23. The second-order valence-electron chi connectivity index (χ2n) is 17.3. The molecule has 8 nitrogen and oxygen atoms in total. The fourth-order valence-electron chi connectivity index (χ4n) is 7.71. The zero-order valence-electron chi connectivity index (χ0n) is 38.0. The number of fused-ring (bicyclic) bond motifs is 4. The molecule has 2 aliphatic heterocycles. The number of ketones is 1. The molecule has 0 saturated carbocycles. The summed E-state index contributed by atoms with van der Waals surface area (Å²) < 4.78 is 2.39. The first-order valence-corrected chi connectivity index (χ1v) is 25.7. The summed E-state index contributed by atoms with van der Waals surface area (Å²) in [6.07, 6.45) is 9.06. The minimum absolute atomic E-state index is 0.174. The number of nitrogens with zero attached hydrogens (tertiary/aromatic N) is 4. The van der Waals surface area contributed by atoms with Crippen LogP contribution in [0.3, 0.4) is 0 Å². The lowest BCUT2D eigenvalue weighted by Gasteiger charge is -2.30. The van der Waals surface area contributed by atoms with Crippen molar-refractivity contribution in [3.8, 4) is 21.1 Å². The van der Waals surface area contributed by atoms with E-state index in [-0.39, 0.29) is 5.91 Å². The molecule has 0 saturated heterocycles. The Labute approximate surface area is 385 Å². The van der Waals surface area contributed by atoms with Crippen LogP contribution in [0.4, 0.5) is 5.00 Å². The molecule has 0 unspecified atom stereocenters. The summed E-state index contributed by atoms with van der Waals surface area (Å²) >= 11 is 7.00. The van der Waals surface area contributed by atoms with Crippen molar-refractivity contribution in [2.24, 2.45) is 11.7 Å². The highest BCUT2D eigenvalue weighted by Crippen LogP contribution is 2.46. The van der Waals surface area contributed by atoms with Gasteiger partial charge in [-0.3, -0.25) is 19.4 Å². The molecule has 62 heavy (non-hydrogen) atoms. The maximum absolute atomic E-state index is 12.9. The van der Waals surface area contributed by atoms with Crippen LogP contribution >= 0.6 is 45.3 Å². The van der Waals surface area contributed by atoms with Gasteiger partial charge in [0.25, 0.3) is 0 Å². The molecule has 12 heteroatoms. The molecule has 2 aromatic carbocycles. The SMILES string of the molecule is C=CC(=O)Nc1sc2c(c1-c1nc3ccccc3s1)CCN(C(C)C)C2.CC[C@H](C)CCCC(=O)Cc1sc2c(c1-c1nc3ccccc3s1)CCN(C(C)C)C2.CC[C@H](C)N. The van der Waals surface area contributed by atoms with E-state index in [2.05, 4.69) is 100 Å². The van der Waals surface area contributed by atoms with Gasteiger partial charge in [0.15, 0.2) is 0 Å². The molecule has 0 fully saturated rings. The van der Waals surface area contributed by atoms with Crippen LogP contribution in [-0.4, -0.2) is 62.7 Å². The minimum atomic E-state index is -0.174. The molecule has 3 N–H and O–H groups in total. The molecule has 6 aromatic rings. The van der Waals surface area contributed by atoms with Crippen molar-refractivity contribution in [1.82, 2.24) is 19.8 Å².